The Bertz CT molecular complexity index is 1240. The number of carbonyl (C=O) groups excluding carboxylic acids is 1. The summed E-state index contributed by atoms with van der Waals surface area (Å²) < 4.78 is 5.34. The summed E-state index contributed by atoms with van der Waals surface area (Å²) in [6.45, 7) is 2.04. The van der Waals surface area contributed by atoms with E-state index < -0.39 is 0 Å². The molecule has 0 amide bonds. The molecule has 0 saturated carbocycles. The molecule has 0 fully saturated rings. The van der Waals surface area contributed by atoms with Crippen molar-refractivity contribution in [1.82, 2.24) is 15.0 Å². The van der Waals surface area contributed by atoms with Crippen LogP contribution in [0.5, 0.6) is 5.75 Å². The van der Waals surface area contributed by atoms with Gasteiger partial charge in [0.2, 0.25) is 5.95 Å². The van der Waals surface area contributed by atoms with Gasteiger partial charge < -0.3 is 10.1 Å². The van der Waals surface area contributed by atoms with E-state index in [1.807, 2.05) is 73.7 Å². The minimum atomic E-state index is 0.491. The molecule has 4 rings (SSSR count). The van der Waals surface area contributed by atoms with Crippen molar-refractivity contribution in [3.8, 4) is 5.75 Å². The number of ether oxygens (including phenoxy) is 1. The summed E-state index contributed by atoms with van der Waals surface area (Å²) in [6, 6.07) is 23.4. The fourth-order valence-electron chi connectivity index (χ4n) is 3.46. The standard InChI is InChI=1S/C26H24N4O2/c1-18-6-3-10-22(12-18)27-26-29-24(15-19-7-4-9-21(13-19)17-31)28-25(30-26)16-20-8-5-11-23(14-20)32-2/h3-14,17H,15-16H2,1-2H3,(H,27,28,29,30). The number of aldehydes is 1. The van der Waals surface area contributed by atoms with E-state index >= 15 is 0 Å². The fourth-order valence-corrected chi connectivity index (χ4v) is 3.46. The molecule has 3 aromatic carbocycles. The molecule has 0 saturated heterocycles. The summed E-state index contributed by atoms with van der Waals surface area (Å²) in [5.74, 6) is 2.58. The molecule has 0 aliphatic rings. The lowest BCUT2D eigenvalue weighted by Crippen LogP contribution is -2.09. The highest BCUT2D eigenvalue weighted by molar-refractivity contribution is 5.74. The lowest BCUT2D eigenvalue weighted by Gasteiger charge is -2.10. The third-order valence-corrected chi connectivity index (χ3v) is 4.95. The van der Waals surface area contributed by atoms with Gasteiger partial charge in [0.25, 0.3) is 0 Å². The second-order valence-corrected chi connectivity index (χ2v) is 7.55. The van der Waals surface area contributed by atoms with E-state index in [1.165, 1.54) is 0 Å². The Morgan fingerprint density at radius 3 is 2.22 bits per heavy atom. The number of methoxy groups -OCH3 is 1. The van der Waals surface area contributed by atoms with E-state index in [2.05, 4.69) is 15.3 Å². The van der Waals surface area contributed by atoms with Gasteiger partial charge in [-0.1, -0.05) is 42.5 Å². The maximum Gasteiger partial charge on any atom is 0.230 e. The number of nitrogens with zero attached hydrogens (tertiary/aromatic N) is 3. The van der Waals surface area contributed by atoms with Crippen LogP contribution in [-0.4, -0.2) is 28.3 Å². The number of nitrogens with one attached hydrogen (secondary N) is 1. The summed E-state index contributed by atoms with van der Waals surface area (Å²) in [7, 11) is 1.65. The average Bonchev–Trinajstić information content (AvgIpc) is 2.79. The number of hydrogen-bond donors (Lipinski definition) is 1. The first-order valence-corrected chi connectivity index (χ1v) is 10.4. The zero-order valence-electron chi connectivity index (χ0n) is 18.1. The van der Waals surface area contributed by atoms with Crippen molar-refractivity contribution in [2.45, 2.75) is 19.8 Å². The molecule has 1 heterocycles. The number of benzene rings is 3. The Hall–Kier alpha value is -4.06. The minimum Gasteiger partial charge on any atom is -0.497 e. The Labute approximate surface area is 187 Å². The van der Waals surface area contributed by atoms with Gasteiger partial charge >= 0.3 is 0 Å². The van der Waals surface area contributed by atoms with Crippen LogP contribution in [-0.2, 0) is 12.8 Å². The van der Waals surface area contributed by atoms with Crippen LogP contribution < -0.4 is 10.1 Å². The molecule has 1 aromatic heterocycles. The normalized spacial score (nSPS) is 10.6. The molecule has 1 N–H and O–H groups in total. The van der Waals surface area contributed by atoms with Crippen LogP contribution in [0.4, 0.5) is 11.6 Å². The van der Waals surface area contributed by atoms with Crippen LogP contribution in [0.15, 0.2) is 72.8 Å². The van der Waals surface area contributed by atoms with Gasteiger partial charge in [0.15, 0.2) is 0 Å². The molecule has 160 valence electrons. The van der Waals surface area contributed by atoms with E-state index in [1.54, 1.807) is 13.2 Å². The van der Waals surface area contributed by atoms with E-state index in [-0.39, 0.29) is 0 Å². The van der Waals surface area contributed by atoms with Gasteiger partial charge in [0.1, 0.15) is 23.7 Å². The Balaban J connectivity index is 1.67. The molecule has 4 aromatic rings. The molecule has 0 aliphatic carbocycles. The van der Waals surface area contributed by atoms with Gasteiger partial charge in [0.05, 0.1) is 7.11 Å². The van der Waals surface area contributed by atoms with Crippen LogP contribution in [0, 0.1) is 6.92 Å². The Kier molecular flexibility index (Phi) is 6.51. The van der Waals surface area contributed by atoms with Crippen LogP contribution in [0.1, 0.15) is 38.7 Å². The monoisotopic (exact) mass is 424 g/mol. The van der Waals surface area contributed by atoms with Crippen molar-refractivity contribution in [3.63, 3.8) is 0 Å². The zero-order chi connectivity index (χ0) is 22.3. The van der Waals surface area contributed by atoms with Crippen molar-refractivity contribution in [2.75, 3.05) is 12.4 Å². The molecule has 0 atom stereocenters. The fraction of sp³-hybridized carbons (Fsp3) is 0.154. The summed E-state index contributed by atoms with van der Waals surface area (Å²) in [5, 5.41) is 3.30. The van der Waals surface area contributed by atoms with Gasteiger partial charge in [-0.15, -0.1) is 0 Å². The molecule has 0 bridgehead atoms. The maximum absolute atomic E-state index is 11.1. The second-order valence-electron chi connectivity index (χ2n) is 7.55. The highest BCUT2D eigenvalue weighted by Crippen LogP contribution is 2.19. The van der Waals surface area contributed by atoms with Crippen LogP contribution in [0.25, 0.3) is 0 Å². The van der Waals surface area contributed by atoms with Crippen LogP contribution in [0.3, 0.4) is 0 Å². The largest absolute Gasteiger partial charge is 0.497 e. The molecular weight excluding hydrogens is 400 g/mol. The third kappa shape index (κ3) is 5.55. The number of carbonyl (C=O) groups is 1. The van der Waals surface area contributed by atoms with Crippen LogP contribution >= 0.6 is 0 Å². The number of anilines is 2. The molecule has 32 heavy (non-hydrogen) atoms. The van der Waals surface area contributed by atoms with E-state index in [0.717, 1.165) is 34.4 Å². The van der Waals surface area contributed by atoms with Crippen molar-refractivity contribution in [2.24, 2.45) is 0 Å². The number of aryl methyl sites for hydroxylation is 1. The highest BCUT2D eigenvalue weighted by Gasteiger charge is 2.10. The average molecular weight is 425 g/mol. The van der Waals surface area contributed by atoms with Gasteiger partial charge in [-0.3, -0.25) is 4.79 Å². The van der Waals surface area contributed by atoms with Gasteiger partial charge in [-0.25, -0.2) is 4.98 Å². The van der Waals surface area contributed by atoms with Crippen molar-refractivity contribution < 1.29 is 9.53 Å². The van der Waals surface area contributed by atoms with Crippen molar-refractivity contribution in [1.29, 1.82) is 0 Å². The molecule has 0 unspecified atom stereocenters. The predicted octanol–water partition coefficient (Wildman–Crippen LogP) is 4.93. The first-order chi connectivity index (χ1) is 15.6. The maximum atomic E-state index is 11.1. The lowest BCUT2D eigenvalue weighted by molar-refractivity contribution is 0.112. The number of hydrogen-bond acceptors (Lipinski definition) is 6. The Morgan fingerprint density at radius 2 is 1.53 bits per heavy atom. The summed E-state index contributed by atoms with van der Waals surface area (Å²) in [6.07, 6.45) is 1.89. The molecule has 0 aliphatic heterocycles. The zero-order valence-corrected chi connectivity index (χ0v) is 18.1. The summed E-state index contributed by atoms with van der Waals surface area (Å²) in [4.78, 5) is 25.1. The minimum absolute atomic E-state index is 0.491. The Morgan fingerprint density at radius 1 is 0.844 bits per heavy atom. The molecule has 0 radical (unpaired) electrons. The molecule has 0 spiro atoms. The SMILES string of the molecule is COc1cccc(Cc2nc(Cc3cccc(C=O)c3)nc(Nc3cccc(C)c3)n2)c1. The smallest absolute Gasteiger partial charge is 0.230 e. The first kappa shape index (κ1) is 21.2. The number of aromatic nitrogens is 3. The van der Waals surface area contributed by atoms with Crippen molar-refractivity contribution in [3.05, 3.63) is 107 Å². The van der Waals surface area contributed by atoms with E-state index in [9.17, 15) is 4.79 Å². The lowest BCUT2D eigenvalue weighted by atomic mass is 10.1. The first-order valence-electron chi connectivity index (χ1n) is 10.4. The van der Waals surface area contributed by atoms with Crippen LogP contribution in [0.2, 0.25) is 0 Å². The molecule has 6 nitrogen and oxygen atoms in total. The highest BCUT2D eigenvalue weighted by atomic mass is 16.5. The second kappa shape index (κ2) is 9.83. The van der Waals surface area contributed by atoms with Gasteiger partial charge in [-0.05, 0) is 53.9 Å². The topological polar surface area (TPSA) is 77.0 Å². The molecule has 6 heteroatoms. The van der Waals surface area contributed by atoms with E-state index in [0.29, 0.717) is 36.0 Å². The van der Waals surface area contributed by atoms with E-state index in [4.69, 9.17) is 9.72 Å². The number of rotatable bonds is 8. The third-order valence-electron chi connectivity index (χ3n) is 4.95. The summed E-state index contributed by atoms with van der Waals surface area (Å²) in [5.41, 5.74) is 4.70. The summed E-state index contributed by atoms with van der Waals surface area (Å²) >= 11 is 0. The van der Waals surface area contributed by atoms with Gasteiger partial charge in [0, 0.05) is 24.1 Å². The van der Waals surface area contributed by atoms with Gasteiger partial charge in [-0.2, -0.15) is 9.97 Å². The molecular formula is C26H24N4O2. The quantitative estimate of drug-likeness (QED) is 0.404. The predicted molar refractivity (Wildman–Crippen MR) is 125 cm³/mol. The van der Waals surface area contributed by atoms with Crippen molar-refractivity contribution >= 4 is 17.9 Å².